The van der Waals surface area contributed by atoms with Crippen LogP contribution in [0.3, 0.4) is 0 Å². The van der Waals surface area contributed by atoms with Crippen LogP contribution in [0.15, 0.2) is 11.3 Å². The van der Waals surface area contributed by atoms with Crippen LogP contribution in [0.4, 0.5) is 4.79 Å². The van der Waals surface area contributed by atoms with Gasteiger partial charge in [-0.2, -0.15) is 0 Å². The molecule has 3 aliphatic rings. The maximum Gasteiger partial charge on any atom is 0.410 e. The van der Waals surface area contributed by atoms with Crippen LogP contribution in [0, 0.1) is 17.8 Å². The van der Waals surface area contributed by atoms with Crippen LogP contribution in [-0.4, -0.2) is 59.3 Å². The van der Waals surface area contributed by atoms with Crippen LogP contribution in [0.25, 0.3) is 0 Å². The molecule has 178 valence electrons. The van der Waals surface area contributed by atoms with Gasteiger partial charge in [-0.25, -0.2) is 4.79 Å². The minimum Gasteiger partial charge on any atom is -0.444 e. The van der Waals surface area contributed by atoms with Crippen molar-refractivity contribution in [3.05, 3.63) is 11.3 Å². The van der Waals surface area contributed by atoms with Crippen molar-refractivity contribution in [2.24, 2.45) is 17.8 Å². The molecule has 0 radical (unpaired) electrons. The van der Waals surface area contributed by atoms with E-state index in [1.165, 1.54) is 18.5 Å². The lowest BCUT2D eigenvalue weighted by Crippen LogP contribution is -2.56. The zero-order valence-electron chi connectivity index (χ0n) is 21.3. The number of hydrogen-bond donors (Lipinski definition) is 1. The maximum atomic E-state index is 12.4. The summed E-state index contributed by atoms with van der Waals surface area (Å²) in [4.78, 5) is 17.1. The van der Waals surface area contributed by atoms with E-state index >= 15 is 0 Å². The largest absolute Gasteiger partial charge is 0.444 e. The van der Waals surface area contributed by atoms with Gasteiger partial charge in [-0.15, -0.1) is 0 Å². The second-order valence-corrected chi connectivity index (χ2v) is 11.5. The Labute approximate surface area is 191 Å². The molecule has 0 bridgehead atoms. The molecule has 4 atom stereocenters. The molecule has 0 aromatic heterocycles. The fraction of sp³-hybridized carbons (Fsp3) is 0.885. The van der Waals surface area contributed by atoms with Crippen molar-refractivity contribution in [1.29, 1.82) is 0 Å². The molecule has 1 unspecified atom stereocenters. The van der Waals surface area contributed by atoms with Crippen LogP contribution in [0.1, 0.15) is 87.5 Å². The first kappa shape index (κ1) is 24.4. The molecule has 0 aromatic carbocycles. The second kappa shape index (κ2) is 9.72. The highest BCUT2D eigenvalue weighted by Gasteiger charge is 2.40. The van der Waals surface area contributed by atoms with E-state index in [4.69, 9.17) is 4.74 Å². The average molecular weight is 434 g/mol. The third-order valence-electron chi connectivity index (χ3n) is 7.95. The van der Waals surface area contributed by atoms with Gasteiger partial charge in [0.25, 0.3) is 0 Å². The van der Waals surface area contributed by atoms with Gasteiger partial charge < -0.3 is 15.0 Å². The van der Waals surface area contributed by atoms with E-state index in [0.717, 1.165) is 50.7 Å². The first-order valence-electron chi connectivity index (χ1n) is 12.7. The fourth-order valence-corrected chi connectivity index (χ4v) is 5.92. The third-order valence-corrected chi connectivity index (χ3v) is 7.95. The summed E-state index contributed by atoms with van der Waals surface area (Å²) in [7, 11) is 0. The number of hydrogen-bond acceptors (Lipinski definition) is 4. The molecular formula is C26H47N3O2. The number of likely N-dealkylation sites (tertiary alicyclic amines) is 1. The molecule has 1 N–H and O–H groups in total. The summed E-state index contributed by atoms with van der Waals surface area (Å²) in [6.45, 7) is 20.5. The van der Waals surface area contributed by atoms with Crippen molar-refractivity contribution >= 4 is 6.09 Å². The molecule has 3 heterocycles. The molecule has 3 rings (SSSR count). The van der Waals surface area contributed by atoms with Gasteiger partial charge in [-0.3, -0.25) is 4.90 Å². The van der Waals surface area contributed by atoms with Gasteiger partial charge in [0.2, 0.25) is 0 Å². The zero-order chi connectivity index (χ0) is 22.9. The number of ether oxygens (including phenoxy) is 1. The summed E-state index contributed by atoms with van der Waals surface area (Å²) < 4.78 is 5.58. The molecule has 1 saturated heterocycles. The highest BCUT2D eigenvalue weighted by Crippen LogP contribution is 2.40. The molecular weight excluding hydrogens is 386 g/mol. The van der Waals surface area contributed by atoms with Crippen LogP contribution in [-0.2, 0) is 4.74 Å². The summed E-state index contributed by atoms with van der Waals surface area (Å²) in [6.07, 6.45) is 5.57. The lowest BCUT2D eigenvalue weighted by atomic mass is 9.72. The number of nitrogens with one attached hydrogen (secondary N) is 1. The Hall–Kier alpha value is -1.23. The van der Waals surface area contributed by atoms with Crippen LogP contribution >= 0.6 is 0 Å². The smallest absolute Gasteiger partial charge is 0.410 e. The van der Waals surface area contributed by atoms with E-state index in [-0.39, 0.29) is 6.09 Å². The zero-order valence-corrected chi connectivity index (χ0v) is 21.3. The summed E-state index contributed by atoms with van der Waals surface area (Å²) in [5, 5.41) is 4.00. The van der Waals surface area contributed by atoms with E-state index in [9.17, 15) is 4.79 Å². The molecule has 0 spiro atoms. The predicted molar refractivity (Wildman–Crippen MR) is 128 cm³/mol. The van der Waals surface area contributed by atoms with Crippen molar-refractivity contribution < 1.29 is 9.53 Å². The Morgan fingerprint density at radius 2 is 1.81 bits per heavy atom. The quantitative estimate of drug-likeness (QED) is 0.643. The maximum absolute atomic E-state index is 12.4. The Kier molecular flexibility index (Phi) is 7.66. The van der Waals surface area contributed by atoms with Crippen molar-refractivity contribution in [2.45, 2.75) is 111 Å². The van der Waals surface area contributed by atoms with Crippen molar-refractivity contribution in [3.63, 3.8) is 0 Å². The van der Waals surface area contributed by atoms with Gasteiger partial charge in [0, 0.05) is 43.5 Å². The van der Waals surface area contributed by atoms with Crippen LogP contribution in [0.5, 0.6) is 0 Å². The van der Waals surface area contributed by atoms with Crippen LogP contribution in [0.2, 0.25) is 0 Å². The Balaban J connectivity index is 1.65. The number of nitrogens with zero attached hydrogens (tertiary/aromatic N) is 2. The van der Waals surface area contributed by atoms with E-state index in [0.29, 0.717) is 24.0 Å². The Morgan fingerprint density at radius 1 is 1.16 bits per heavy atom. The average Bonchev–Trinajstić information content (AvgIpc) is 2.71. The van der Waals surface area contributed by atoms with E-state index in [1.54, 1.807) is 5.57 Å². The number of rotatable bonds is 4. The molecule has 31 heavy (non-hydrogen) atoms. The van der Waals surface area contributed by atoms with Gasteiger partial charge in [0.05, 0.1) is 0 Å². The van der Waals surface area contributed by atoms with Gasteiger partial charge >= 0.3 is 6.09 Å². The molecule has 5 heteroatoms. The SMILES string of the molecule is CC[C@@H](C)C1CC2=C(CCN(C3CCN(C(=O)OC(C)(C)C)CC3)[C@@H]2C)N[C@H]1C(C)C. The van der Waals surface area contributed by atoms with Crippen molar-refractivity contribution in [2.75, 3.05) is 19.6 Å². The van der Waals surface area contributed by atoms with E-state index in [2.05, 4.69) is 44.8 Å². The molecule has 0 aliphatic carbocycles. The van der Waals surface area contributed by atoms with Crippen molar-refractivity contribution in [1.82, 2.24) is 15.1 Å². The molecule has 1 fully saturated rings. The minimum absolute atomic E-state index is 0.157. The first-order valence-corrected chi connectivity index (χ1v) is 12.7. The number of piperidine rings is 1. The Morgan fingerprint density at radius 3 is 2.35 bits per heavy atom. The van der Waals surface area contributed by atoms with Gasteiger partial charge in [-0.05, 0) is 76.7 Å². The predicted octanol–water partition coefficient (Wildman–Crippen LogP) is 5.41. The molecule has 3 aliphatic heterocycles. The molecule has 1 amide bonds. The highest BCUT2D eigenvalue weighted by atomic mass is 16.6. The number of carbonyl (C=O) groups excluding carboxylic acids is 1. The van der Waals surface area contributed by atoms with E-state index < -0.39 is 5.60 Å². The topological polar surface area (TPSA) is 44.8 Å². The summed E-state index contributed by atoms with van der Waals surface area (Å²) in [6, 6.07) is 1.66. The molecule has 0 aromatic rings. The third kappa shape index (κ3) is 5.58. The highest BCUT2D eigenvalue weighted by molar-refractivity contribution is 5.68. The number of carbonyl (C=O) groups is 1. The fourth-order valence-electron chi connectivity index (χ4n) is 5.92. The lowest BCUT2D eigenvalue weighted by Gasteiger charge is -2.50. The van der Waals surface area contributed by atoms with Crippen LogP contribution < -0.4 is 5.32 Å². The Bertz CT molecular complexity index is 658. The first-order chi connectivity index (χ1) is 14.5. The monoisotopic (exact) mass is 433 g/mol. The lowest BCUT2D eigenvalue weighted by molar-refractivity contribution is 0.0113. The number of amides is 1. The van der Waals surface area contributed by atoms with Gasteiger partial charge in [0.15, 0.2) is 0 Å². The summed E-state index contributed by atoms with van der Waals surface area (Å²) in [5.74, 6) is 2.13. The second-order valence-electron chi connectivity index (χ2n) is 11.5. The van der Waals surface area contributed by atoms with Crippen molar-refractivity contribution in [3.8, 4) is 0 Å². The summed E-state index contributed by atoms with van der Waals surface area (Å²) in [5.41, 5.74) is 2.77. The standard InChI is InChI=1S/C26H47N3O2/c1-9-18(4)21-16-22-19(5)29(15-12-23(22)27-24(21)17(2)3)20-10-13-28(14-11-20)25(30)31-26(6,7)8/h17-21,24,27H,9-16H2,1-8H3/t18-,19-,21?,24+/m1/s1. The molecule has 5 nitrogen and oxygen atoms in total. The van der Waals surface area contributed by atoms with E-state index in [1.807, 2.05) is 25.7 Å². The molecule has 0 saturated carbocycles. The minimum atomic E-state index is -0.424. The summed E-state index contributed by atoms with van der Waals surface area (Å²) >= 11 is 0. The van der Waals surface area contributed by atoms with Gasteiger partial charge in [0.1, 0.15) is 5.60 Å². The normalized spacial score (nSPS) is 29.6. The van der Waals surface area contributed by atoms with Gasteiger partial charge in [-0.1, -0.05) is 34.1 Å².